The van der Waals surface area contributed by atoms with E-state index in [1.807, 2.05) is 6.92 Å². The largest absolute Gasteiger partial charge is 0.481 e. The Morgan fingerprint density at radius 3 is 2.14 bits per heavy atom. The van der Waals surface area contributed by atoms with Crippen LogP contribution in [0.1, 0.15) is 39.5 Å². The zero-order valence-electron chi connectivity index (χ0n) is 13.8. The van der Waals surface area contributed by atoms with E-state index < -0.39 is 5.97 Å². The molecule has 0 saturated carbocycles. The maximum atomic E-state index is 11.1. The molecule has 0 amide bonds. The van der Waals surface area contributed by atoms with Crippen molar-refractivity contribution >= 4 is 11.9 Å². The average molecular weight is 314 g/mol. The molecular formula is C16H30N2O4. The van der Waals surface area contributed by atoms with Crippen molar-refractivity contribution in [1.29, 1.82) is 0 Å². The van der Waals surface area contributed by atoms with E-state index in [0.29, 0.717) is 6.61 Å². The Balaban J connectivity index is 0.000000220. The van der Waals surface area contributed by atoms with Crippen LogP contribution in [-0.4, -0.2) is 61.3 Å². The van der Waals surface area contributed by atoms with Crippen molar-refractivity contribution in [2.24, 2.45) is 11.8 Å². The SMILES string of the molecule is CCN1CCC(C(=O)O)CC1.CCOC(=O)C1CCNCC1. The molecule has 2 rings (SSSR count). The molecule has 0 spiro atoms. The molecule has 2 aliphatic rings. The summed E-state index contributed by atoms with van der Waals surface area (Å²) < 4.78 is 4.91. The maximum absolute atomic E-state index is 11.1. The van der Waals surface area contributed by atoms with Crippen LogP contribution in [0, 0.1) is 11.8 Å². The molecule has 22 heavy (non-hydrogen) atoms. The summed E-state index contributed by atoms with van der Waals surface area (Å²) in [6, 6.07) is 0. The zero-order chi connectivity index (χ0) is 16.4. The van der Waals surface area contributed by atoms with Gasteiger partial charge in [-0.25, -0.2) is 0 Å². The summed E-state index contributed by atoms with van der Waals surface area (Å²) in [5.41, 5.74) is 0. The predicted octanol–water partition coefficient (Wildman–Crippen LogP) is 1.35. The van der Waals surface area contributed by atoms with Crippen molar-refractivity contribution in [3.63, 3.8) is 0 Å². The molecule has 0 atom stereocenters. The minimum Gasteiger partial charge on any atom is -0.481 e. The van der Waals surface area contributed by atoms with Crippen LogP contribution in [0.25, 0.3) is 0 Å². The van der Waals surface area contributed by atoms with Gasteiger partial charge in [-0.05, 0) is 65.3 Å². The van der Waals surface area contributed by atoms with E-state index in [0.717, 1.165) is 58.4 Å². The van der Waals surface area contributed by atoms with Crippen LogP contribution < -0.4 is 5.32 Å². The van der Waals surface area contributed by atoms with E-state index in [4.69, 9.17) is 9.84 Å². The smallest absolute Gasteiger partial charge is 0.309 e. The van der Waals surface area contributed by atoms with Crippen LogP contribution in [0.3, 0.4) is 0 Å². The molecule has 0 bridgehead atoms. The van der Waals surface area contributed by atoms with Crippen molar-refractivity contribution in [2.75, 3.05) is 39.3 Å². The standard InChI is InChI=1S/2C8H15NO2/c1-2-11-8(10)7-3-5-9-6-4-7;1-2-9-5-3-7(4-6-9)8(10)11/h7,9H,2-6H2,1H3;7H,2-6H2,1H3,(H,10,11). The number of likely N-dealkylation sites (tertiary alicyclic amines) is 1. The number of aliphatic carboxylic acids is 1. The lowest BCUT2D eigenvalue weighted by atomic mass is 9.97. The molecule has 0 aromatic rings. The van der Waals surface area contributed by atoms with Crippen LogP contribution in [-0.2, 0) is 14.3 Å². The molecule has 0 aromatic heterocycles. The molecule has 6 nitrogen and oxygen atoms in total. The third-order valence-corrected chi connectivity index (χ3v) is 4.34. The maximum Gasteiger partial charge on any atom is 0.309 e. The molecule has 6 heteroatoms. The van der Waals surface area contributed by atoms with E-state index in [9.17, 15) is 9.59 Å². The molecule has 0 aliphatic carbocycles. The number of nitrogens with zero attached hydrogens (tertiary/aromatic N) is 1. The minimum absolute atomic E-state index is 0.0194. The first-order valence-corrected chi connectivity index (χ1v) is 8.41. The highest BCUT2D eigenvalue weighted by molar-refractivity contribution is 5.72. The first-order valence-electron chi connectivity index (χ1n) is 8.41. The summed E-state index contributed by atoms with van der Waals surface area (Å²) in [6.45, 7) is 9.31. The number of rotatable bonds is 4. The highest BCUT2D eigenvalue weighted by Gasteiger charge is 2.23. The van der Waals surface area contributed by atoms with Crippen LogP contribution in [0.15, 0.2) is 0 Å². The van der Waals surface area contributed by atoms with Gasteiger partial charge >= 0.3 is 11.9 Å². The summed E-state index contributed by atoms with van der Waals surface area (Å²) in [4.78, 5) is 24.0. The van der Waals surface area contributed by atoms with E-state index in [-0.39, 0.29) is 17.8 Å². The van der Waals surface area contributed by atoms with Gasteiger partial charge < -0.3 is 20.1 Å². The summed E-state index contributed by atoms with van der Waals surface area (Å²) in [5, 5.41) is 11.9. The predicted molar refractivity (Wildman–Crippen MR) is 84.7 cm³/mol. The second kappa shape index (κ2) is 10.6. The van der Waals surface area contributed by atoms with Crippen LogP contribution in [0.4, 0.5) is 0 Å². The highest BCUT2D eigenvalue weighted by atomic mass is 16.5. The normalized spacial score (nSPS) is 20.8. The lowest BCUT2D eigenvalue weighted by molar-refractivity contribution is -0.149. The number of hydrogen-bond acceptors (Lipinski definition) is 5. The summed E-state index contributed by atoms with van der Waals surface area (Å²) in [6.07, 6.45) is 3.50. The van der Waals surface area contributed by atoms with Crippen LogP contribution in [0.2, 0.25) is 0 Å². The Morgan fingerprint density at radius 2 is 1.68 bits per heavy atom. The minimum atomic E-state index is -0.624. The summed E-state index contributed by atoms with van der Waals surface area (Å²) in [5.74, 6) is -0.580. The molecule has 2 N–H and O–H groups in total. The van der Waals surface area contributed by atoms with Crippen molar-refractivity contribution in [3.05, 3.63) is 0 Å². The van der Waals surface area contributed by atoms with Crippen LogP contribution >= 0.6 is 0 Å². The van der Waals surface area contributed by atoms with Gasteiger partial charge in [0.2, 0.25) is 0 Å². The molecule has 0 radical (unpaired) electrons. The Morgan fingerprint density at radius 1 is 1.09 bits per heavy atom. The number of carboxylic acids is 1. The molecular weight excluding hydrogens is 284 g/mol. The molecule has 2 saturated heterocycles. The van der Waals surface area contributed by atoms with Crippen molar-refractivity contribution in [1.82, 2.24) is 10.2 Å². The van der Waals surface area contributed by atoms with Gasteiger partial charge in [0.25, 0.3) is 0 Å². The van der Waals surface area contributed by atoms with Crippen LogP contribution in [0.5, 0.6) is 0 Å². The second-order valence-electron chi connectivity index (χ2n) is 5.82. The topological polar surface area (TPSA) is 78.9 Å². The van der Waals surface area contributed by atoms with Gasteiger partial charge in [-0.15, -0.1) is 0 Å². The number of piperidine rings is 2. The number of carbonyl (C=O) groups excluding carboxylic acids is 1. The van der Waals surface area contributed by atoms with Gasteiger partial charge in [0.15, 0.2) is 0 Å². The fourth-order valence-corrected chi connectivity index (χ4v) is 2.81. The van der Waals surface area contributed by atoms with Gasteiger partial charge in [0.1, 0.15) is 0 Å². The molecule has 2 aliphatic heterocycles. The third kappa shape index (κ3) is 6.75. The van der Waals surface area contributed by atoms with E-state index in [1.54, 1.807) is 0 Å². The Kier molecular flexibility index (Phi) is 9.08. The second-order valence-corrected chi connectivity index (χ2v) is 5.82. The third-order valence-electron chi connectivity index (χ3n) is 4.34. The number of carbonyl (C=O) groups is 2. The van der Waals surface area contributed by atoms with Crippen molar-refractivity contribution < 1.29 is 19.4 Å². The van der Waals surface area contributed by atoms with Crippen molar-refractivity contribution in [3.8, 4) is 0 Å². The fourth-order valence-electron chi connectivity index (χ4n) is 2.81. The highest BCUT2D eigenvalue weighted by Crippen LogP contribution is 2.16. The summed E-state index contributed by atoms with van der Waals surface area (Å²) in [7, 11) is 0. The average Bonchev–Trinajstić information content (AvgIpc) is 2.56. The fraction of sp³-hybridized carbons (Fsp3) is 0.875. The number of nitrogens with one attached hydrogen (secondary N) is 1. The van der Waals surface area contributed by atoms with Crippen molar-refractivity contribution in [2.45, 2.75) is 39.5 Å². The van der Waals surface area contributed by atoms with Gasteiger partial charge in [-0.2, -0.15) is 0 Å². The Bertz CT molecular complexity index is 335. The van der Waals surface area contributed by atoms with Gasteiger partial charge in [0, 0.05) is 0 Å². The number of hydrogen-bond donors (Lipinski definition) is 2. The molecule has 2 fully saturated rings. The quantitative estimate of drug-likeness (QED) is 0.763. The van der Waals surface area contributed by atoms with E-state index in [1.165, 1.54) is 0 Å². The lowest BCUT2D eigenvalue weighted by Crippen LogP contribution is -2.35. The zero-order valence-corrected chi connectivity index (χ0v) is 13.8. The Labute approximate surface area is 133 Å². The lowest BCUT2D eigenvalue weighted by Gasteiger charge is -2.28. The van der Waals surface area contributed by atoms with Gasteiger partial charge in [-0.1, -0.05) is 6.92 Å². The first kappa shape index (κ1) is 18.9. The molecule has 2 heterocycles. The number of ether oxygens (including phenoxy) is 1. The molecule has 0 aromatic carbocycles. The summed E-state index contributed by atoms with van der Waals surface area (Å²) >= 11 is 0. The first-order chi connectivity index (χ1) is 10.6. The van der Waals surface area contributed by atoms with E-state index in [2.05, 4.69) is 17.1 Å². The number of esters is 1. The monoisotopic (exact) mass is 314 g/mol. The van der Waals surface area contributed by atoms with Gasteiger partial charge in [-0.3, -0.25) is 9.59 Å². The van der Waals surface area contributed by atoms with E-state index >= 15 is 0 Å². The Hall–Kier alpha value is -1.14. The van der Waals surface area contributed by atoms with Gasteiger partial charge in [0.05, 0.1) is 18.4 Å². The number of carboxylic acid groups (broad SMARTS) is 1. The molecule has 0 unspecified atom stereocenters. The molecule has 128 valence electrons.